The third kappa shape index (κ3) is 3.75. The smallest absolute Gasteiger partial charge is 0.271 e. The summed E-state index contributed by atoms with van der Waals surface area (Å²) >= 11 is 0. The monoisotopic (exact) mass is 395 g/mol. The number of rotatable bonds is 6. The maximum Gasteiger partial charge on any atom is 0.271 e. The van der Waals surface area contributed by atoms with Crippen molar-refractivity contribution in [2.45, 2.75) is 26.0 Å². The second kappa shape index (κ2) is 8.08. The Balaban J connectivity index is 1.47. The van der Waals surface area contributed by atoms with E-state index in [1.165, 1.54) is 0 Å². The second-order valence-electron chi connectivity index (χ2n) is 7.21. The van der Waals surface area contributed by atoms with Crippen molar-refractivity contribution >= 4 is 5.91 Å². The van der Waals surface area contributed by atoms with E-state index in [9.17, 15) is 4.79 Å². The summed E-state index contributed by atoms with van der Waals surface area (Å²) in [6.45, 7) is 3.84. The molecule has 29 heavy (non-hydrogen) atoms. The molecule has 1 unspecified atom stereocenters. The van der Waals surface area contributed by atoms with Gasteiger partial charge >= 0.3 is 0 Å². The molecule has 0 saturated carbocycles. The molecule has 3 aromatic rings. The van der Waals surface area contributed by atoms with E-state index in [4.69, 9.17) is 9.47 Å². The molecule has 1 amide bonds. The molecule has 1 N–H and O–H groups in total. The zero-order valence-electron chi connectivity index (χ0n) is 16.9. The Bertz CT molecular complexity index is 992. The summed E-state index contributed by atoms with van der Waals surface area (Å²) in [4.78, 5) is 19.3. The summed E-state index contributed by atoms with van der Waals surface area (Å²) in [5.74, 6) is 1.64. The zero-order valence-corrected chi connectivity index (χ0v) is 16.9. The summed E-state index contributed by atoms with van der Waals surface area (Å²) in [5.41, 5.74) is 3.24. The quantitative estimate of drug-likeness (QED) is 0.694. The van der Waals surface area contributed by atoms with Gasteiger partial charge in [-0.1, -0.05) is 0 Å². The number of aromatic nitrogens is 4. The van der Waals surface area contributed by atoms with E-state index in [0.29, 0.717) is 25.4 Å². The van der Waals surface area contributed by atoms with Crippen LogP contribution < -0.4 is 4.74 Å². The maximum atomic E-state index is 13.0. The predicted molar refractivity (Wildman–Crippen MR) is 108 cm³/mol. The van der Waals surface area contributed by atoms with Crippen LogP contribution in [0, 0.1) is 6.92 Å². The molecule has 0 spiro atoms. The molecule has 1 aliphatic heterocycles. The minimum absolute atomic E-state index is 0.0363. The van der Waals surface area contributed by atoms with Crippen molar-refractivity contribution in [2.75, 3.05) is 27.3 Å². The van der Waals surface area contributed by atoms with Crippen molar-refractivity contribution in [3.63, 3.8) is 0 Å². The average molecular weight is 395 g/mol. The molecule has 8 nitrogen and oxygen atoms in total. The number of aromatic amines is 1. The van der Waals surface area contributed by atoms with Gasteiger partial charge in [0.25, 0.3) is 5.91 Å². The highest BCUT2D eigenvalue weighted by molar-refractivity contribution is 5.93. The number of ether oxygens (including phenoxy) is 2. The lowest BCUT2D eigenvalue weighted by atomic mass is 10.1. The Morgan fingerprint density at radius 3 is 2.79 bits per heavy atom. The van der Waals surface area contributed by atoms with Gasteiger partial charge in [0.15, 0.2) is 0 Å². The zero-order chi connectivity index (χ0) is 20.4. The third-order valence-corrected chi connectivity index (χ3v) is 5.34. The summed E-state index contributed by atoms with van der Waals surface area (Å²) < 4.78 is 12.6. The number of nitrogens with zero attached hydrogens (tertiary/aromatic N) is 4. The van der Waals surface area contributed by atoms with Crippen LogP contribution in [0.5, 0.6) is 5.75 Å². The molecule has 3 heterocycles. The lowest BCUT2D eigenvalue weighted by Crippen LogP contribution is -2.29. The van der Waals surface area contributed by atoms with Crippen molar-refractivity contribution in [1.82, 2.24) is 24.6 Å². The number of H-pyrrole nitrogens is 1. The first-order valence-electron chi connectivity index (χ1n) is 9.61. The topological polar surface area (TPSA) is 85.3 Å². The first-order chi connectivity index (χ1) is 14.1. The van der Waals surface area contributed by atoms with Crippen LogP contribution in [0.2, 0.25) is 0 Å². The molecular weight excluding hydrogens is 370 g/mol. The molecule has 152 valence electrons. The van der Waals surface area contributed by atoms with Gasteiger partial charge in [-0.05, 0) is 43.7 Å². The molecule has 4 rings (SSSR count). The molecule has 1 saturated heterocycles. The van der Waals surface area contributed by atoms with E-state index in [2.05, 4.69) is 19.7 Å². The van der Waals surface area contributed by atoms with Crippen LogP contribution >= 0.6 is 0 Å². The molecule has 2 aromatic heterocycles. The number of carbonyl (C=O) groups excluding carboxylic acids is 1. The fraction of sp³-hybridized carbons (Fsp3) is 0.381. The molecule has 0 aliphatic carbocycles. The Kier molecular flexibility index (Phi) is 5.35. The van der Waals surface area contributed by atoms with Gasteiger partial charge in [0, 0.05) is 37.7 Å². The van der Waals surface area contributed by atoms with Gasteiger partial charge in [0.05, 0.1) is 18.8 Å². The van der Waals surface area contributed by atoms with Gasteiger partial charge in [0.2, 0.25) is 0 Å². The van der Waals surface area contributed by atoms with E-state index < -0.39 is 0 Å². The van der Waals surface area contributed by atoms with E-state index in [-0.39, 0.29) is 11.9 Å². The van der Waals surface area contributed by atoms with Crippen LogP contribution in [0.3, 0.4) is 0 Å². The molecular formula is C21H25N5O3. The Labute approximate surface area is 169 Å². The largest absolute Gasteiger partial charge is 0.497 e. The Morgan fingerprint density at radius 2 is 2.07 bits per heavy atom. The van der Waals surface area contributed by atoms with E-state index >= 15 is 0 Å². The highest BCUT2D eigenvalue weighted by Gasteiger charge is 2.30. The fourth-order valence-electron chi connectivity index (χ4n) is 3.88. The van der Waals surface area contributed by atoms with Crippen LogP contribution in [0.1, 0.15) is 34.5 Å². The average Bonchev–Trinajstić information content (AvgIpc) is 3.48. The maximum absolute atomic E-state index is 13.0. The van der Waals surface area contributed by atoms with Gasteiger partial charge < -0.3 is 18.9 Å². The summed E-state index contributed by atoms with van der Waals surface area (Å²) in [6, 6.07) is 9.61. The normalized spacial score (nSPS) is 16.4. The number of hydrogen-bond acceptors (Lipinski definition) is 5. The predicted octanol–water partition coefficient (Wildman–Crippen LogP) is 2.82. The Morgan fingerprint density at radius 1 is 1.28 bits per heavy atom. The highest BCUT2D eigenvalue weighted by atomic mass is 16.5. The van der Waals surface area contributed by atoms with Gasteiger partial charge in [-0.2, -0.15) is 5.10 Å². The highest BCUT2D eigenvalue weighted by Crippen LogP contribution is 2.27. The number of likely N-dealkylation sites (tertiary alicyclic amines) is 1. The number of benzene rings is 1. The first kappa shape index (κ1) is 19.2. The van der Waals surface area contributed by atoms with Gasteiger partial charge in [-0.3, -0.25) is 9.89 Å². The van der Waals surface area contributed by atoms with Crippen LogP contribution in [-0.4, -0.2) is 57.9 Å². The number of carbonyl (C=O) groups is 1. The second-order valence-corrected chi connectivity index (χ2v) is 7.21. The van der Waals surface area contributed by atoms with Crippen molar-refractivity contribution in [1.29, 1.82) is 0 Å². The number of methoxy groups -OCH3 is 2. The van der Waals surface area contributed by atoms with Crippen molar-refractivity contribution < 1.29 is 14.3 Å². The van der Waals surface area contributed by atoms with Crippen LogP contribution in [0.4, 0.5) is 0 Å². The molecule has 8 heteroatoms. The molecule has 0 bridgehead atoms. The van der Waals surface area contributed by atoms with Crippen LogP contribution in [0.25, 0.3) is 11.3 Å². The van der Waals surface area contributed by atoms with Crippen molar-refractivity contribution in [3.05, 3.63) is 53.7 Å². The SMILES string of the molecule is COCc1ncc(C)n1C1CCN(C(=O)c2cc(-c3ccc(OC)cc3)n[nH]2)C1. The standard InChI is InChI=1S/C21H25N5O3/c1-14-11-22-20(13-28-2)26(14)16-8-9-25(12-16)21(27)19-10-18(23-24-19)15-4-6-17(29-3)7-5-15/h4-7,10-11,16H,8-9,12-13H2,1-3H3,(H,23,24). The number of aryl methyl sites for hydroxylation is 1. The summed E-state index contributed by atoms with van der Waals surface area (Å²) in [7, 11) is 3.30. The van der Waals surface area contributed by atoms with Crippen molar-refractivity contribution in [3.8, 4) is 17.0 Å². The lowest BCUT2D eigenvalue weighted by molar-refractivity contribution is 0.0781. The van der Waals surface area contributed by atoms with Gasteiger partial charge in [-0.15, -0.1) is 0 Å². The van der Waals surface area contributed by atoms with E-state index in [1.807, 2.05) is 42.3 Å². The van der Waals surface area contributed by atoms with Crippen molar-refractivity contribution in [2.24, 2.45) is 0 Å². The number of amides is 1. The third-order valence-electron chi connectivity index (χ3n) is 5.34. The van der Waals surface area contributed by atoms with Gasteiger partial charge in [-0.25, -0.2) is 4.98 Å². The lowest BCUT2D eigenvalue weighted by Gasteiger charge is -2.19. The fourth-order valence-corrected chi connectivity index (χ4v) is 3.88. The number of nitrogens with one attached hydrogen (secondary N) is 1. The molecule has 0 radical (unpaired) electrons. The van der Waals surface area contributed by atoms with E-state index in [1.54, 1.807) is 20.3 Å². The number of hydrogen-bond donors (Lipinski definition) is 1. The molecule has 1 fully saturated rings. The summed E-state index contributed by atoms with van der Waals surface area (Å²) in [6.07, 6.45) is 2.74. The minimum atomic E-state index is -0.0363. The van der Waals surface area contributed by atoms with Gasteiger partial charge in [0.1, 0.15) is 23.9 Å². The molecule has 1 aliphatic rings. The Hall–Kier alpha value is -3.13. The molecule has 1 atom stereocenters. The molecule has 1 aromatic carbocycles. The number of imidazole rings is 1. The summed E-state index contributed by atoms with van der Waals surface area (Å²) in [5, 5.41) is 7.20. The van der Waals surface area contributed by atoms with Crippen LogP contribution in [-0.2, 0) is 11.3 Å². The first-order valence-corrected chi connectivity index (χ1v) is 9.61. The minimum Gasteiger partial charge on any atom is -0.497 e. The van der Waals surface area contributed by atoms with Crippen LogP contribution in [0.15, 0.2) is 36.5 Å². The van der Waals surface area contributed by atoms with E-state index in [0.717, 1.165) is 34.9 Å².